The topological polar surface area (TPSA) is 293 Å². The van der Waals surface area contributed by atoms with Crippen molar-refractivity contribution in [2.75, 3.05) is 13.2 Å². The van der Waals surface area contributed by atoms with E-state index in [2.05, 4.69) is 34.6 Å². The summed E-state index contributed by atoms with van der Waals surface area (Å²) in [5, 5.41) is 109. The predicted molar refractivity (Wildman–Crippen MR) is 232 cm³/mol. The van der Waals surface area contributed by atoms with Crippen LogP contribution in [0.4, 0.5) is 0 Å². The summed E-state index contributed by atoms with van der Waals surface area (Å²) < 4.78 is 49.1. The van der Waals surface area contributed by atoms with Gasteiger partial charge in [-0.1, -0.05) is 46.3 Å². The fraction of sp³-hybridized carbons (Fsp3) is 0.938. The number of ether oxygens (including phenoxy) is 8. The first-order valence-electron chi connectivity index (χ1n) is 24.4. The molecule has 3 saturated carbocycles. The van der Waals surface area contributed by atoms with E-state index in [4.69, 9.17) is 37.9 Å². The van der Waals surface area contributed by atoms with Crippen molar-refractivity contribution in [2.45, 2.75) is 223 Å². The molecule has 19 nitrogen and oxygen atoms in total. The number of aliphatic hydroxyl groups is 10. The van der Waals surface area contributed by atoms with E-state index < -0.39 is 152 Å². The lowest BCUT2D eigenvalue weighted by molar-refractivity contribution is -0.384. The number of allylic oxidation sites excluding steroid dienone is 1. The Morgan fingerprint density at radius 2 is 1.34 bits per heavy atom. The molecule has 8 aliphatic rings. The molecule has 384 valence electrons. The summed E-state index contributed by atoms with van der Waals surface area (Å²) in [6.45, 7) is 17.2. The van der Waals surface area contributed by atoms with Gasteiger partial charge < -0.3 is 89.0 Å². The van der Waals surface area contributed by atoms with Crippen molar-refractivity contribution in [3.8, 4) is 0 Å². The van der Waals surface area contributed by atoms with E-state index >= 15 is 0 Å². The molecule has 0 unspecified atom stereocenters. The summed E-state index contributed by atoms with van der Waals surface area (Å²) >= 11 is 0. The molecule has 0 aromatic carbocycles. The Hall–Kier alpha value is -1.47. The lowest BCUT2D eigenvalue weighted by atomic mass is 9.34. The molecule has 5 heterocycles. The van der Waals surface area contributed by atoms with Crippen LogP contribution in [0.25, 0.3) is 0 Å². The largest absolute Gasteiger partial charge is 0.459 e. The average Bonchev–Trinajstić information content (AvgIpc) is 3.51. The van der Waals surface area contributed by atoms with Gasteiger partial charge >= 0.3 is 5.97 Å². The molecular formula is C48H78O19. The van der Waals surface area contributed by atoms with E-state index in [0.717, 1.165) is 24.8 Å². The van der Waals surface area contributed by atoms with Crippen molar-refractivity contribution in [3.63, 3.8) is 0 Å². The molecule has 5 aliphatic heterocycles. The highest BCUT2D eigenvalue weighted by Crippen LogP contribution is 2.75. The van der Waals surface area contributed by atoms with Crippen LogP contribution in [0.15, 0.2) is 11.6 Å². The highest BCUT2D eigenvalue weighted by atomic mass is 16.8. The second kappa shape index (κ2) is 18.5. The first-order chi connectivity index (χ1) is 31.3. The fourth-order valence-electron chi connectivity index (χ4n) is 14.7. The maximum absolute atomic E-state index is 13.9. The van der Waals surface area contributed by atoms with Crippen LogP contribution >= 0.6 is 0 Å². The summed E-state index contributed by atoms with van der Waals surface area (Å²) in [5.41, 5.74) is -1.93. The van der Waals surface area contributed by atoms with Gasteiger partial charge in [-0.2, -0.15) is 0 Å². The molecule has 0 radical (unpaired) electrons. The van der Waals surface area contributed by atoms with Gasteiger partial charge in [-0.15, -0.1) is 0 Å². The second-order valence-electron chi connectivity index (χ2n) is 22.9. The van der Waals surface area contributed by atoms with Crippen LogP contribution in [0, 0.1) is 45.3 Å². The number of carbonyl (C=O) groups is 1. The zero-order chi connectivity index (χ0) is 49.1. The first kappa shape index (κ1) is 51.9. The monoisotopic (exact) mass is 959 g/mol. The van der Waals surface area contributed by atoms with Gasteiger partial charge in [0, 0.05) is 11.8 Å². The number of aliphatic hydroxyl groups excluding tert-OH is 10. The van der Waals surface area contributed by atoms with Gasteiger partial charge in [0.1, 0.15) is 78.8 Å². The maximum Gasteiger partial charge on any atom is 0.312 e. The van der Waals surface area contributed by atoms with Gasteiger partial charge in [-0.3, -0.25) is 4.79 Å². The van der Waals surface area contributed by atoms with Crippen LogP contribution in [0.1, 0.15) is 107 Å². The third kappa shape index (κ3) is 8.19. The molecule has 26 atom stereocenters. The highest BCUT2D eigenvalue weighted by molar-refractivity contribution is 5.78. The minimum atomic E-state index is -1.84. The standard InChI is InChI=1S/C48H78O19/c1-20(2)10-13-28-48(9)29(39(58)64-28)22-11-12-26-45(6)16-15-27(44(4,5)25(45)14-17-46(26,7)47(22,8)43(59)67-48)65-42-38(66-41-37(57)34(54)31(51)23(18-49)62-41)35(55)32(52)24(63-42)19-60-40-36(56)33(53)30(50)21(3)61-40/h10,21-38,40-43,49-57,59H,11-19H2,1-9H3/t21-,22+,23+,24+,25-,26+,27-,28+,29+,30-,31+,32+,33+,34-,35-,36+,37+,38+,40+,41-,42-,43-,45-,46+,47-,48-/m0/s1. The third-order valence-electron chi connectivity index (χ3n) is 18.9. The van der Waals surface area contributed by atoms with E-state index in [9.17, 15) is 55.9 Å². The fourth-order valence-corrected chi connectivity index (χ4v) is 14.7. The van der Waals surface area contributed by atoms with Crippen LogP contribution in [0.2, 0.25) is 0 Å². The number of carbonyl (C=O) groups excluding carboxylic acids is 1. The minimum absolute atomic E-state index is 0.0607. The minimum Gasteiger partial charge on any atom is -0.459 e. The van der Waals surface area contributed by atoms with Gasteiger partial charge in [0.15, 0.2) is 25.2 Å². The molecular weight excluding hydrogens is 881 g/mol. The van der Waals surface area contributed by atoms with Gasteiger partial charge in [0.2, 0.25) is 0 Å². The first-order valence-corrected chi connectivity index (χ1v) is 24.4. The van der Waals surface area contributed by atoms with E-state index in [-0.39, 0.29) is 29.1 Å². The van der Waals surface area contributed by atoms with Crippen LogP contribution < -0.4 is 0 Å². The van der Waals surface area contributed by atoms with Crippen molar-refractivity contribution in [1.82, 2.24) is 0 Å². The molecule has 0 amide bonds. The van der Waals surface area contributed by atoms with Gasteiger partial charge in [-0.05, 0) is 100 Å². The normalized spacial score (nSPS) is 55.1. The Morgan fingerprint density at radius 1 is 0.701 bits per heavy atom. The molecule has 10 N–H and O–H groups in total. The summed E-state index contributed by atoms with van der Waals surface area (Å²) in [4.78, 5) is 13.9. The maximum atomic E-state index is 13.9. The number of esters is 1. The van der Waals surface area contributed by atoms with Crippen LogP contribution in [0.3, 0.4) is 0 Å². The summed E-state index contributed by atoms with van der Waals surface area (Å²) in [6.07, 6.45) is -18.7. The van der Waals surface area contributed by atoms with Gasteiger partial charge in [0.25, 0.3) is 0 Å². The van der Waals surface area contributed by atoms with Crippen molar-refractivity contribution in [3.05, 3.63) is 11.6 Å². The zero-order valence-corrected chi connectivity index (χ0v) is 40.3. The SMILES string of the molecule is CC(C)=CC[C@H]1OC(=O)[C@H]2[C@H]3CC[C@@H]4[C@@]5(C)CC[C@H](O[C@@H]6O[C@H](CO[C@@H]7O[C@@H](C)[C@H](O)[C@@H](O)[C@H]7O)[C@@H](O)[C@H](O)[C@H]6O[C@@H]6O[C@H](CO)[C@@H](O)[C@H](O)[C@H]6O)C(C)(C)[C@@H]5CC[C@@]4(C)[C@]3(C)[C@@H](O)O[C@@]12C. The molecule has 19 heteroatoms. The van der Waals surface area contributed by atoms with Crippen LogP contribution in [-0.2, 0) is 42.7 Å². The summed E-state index contributed by atoms with van der Waals surface area (Å²) in [7, 11) is 0. The Kier molecular flexibility index (Phi) is 14.4. The van der Waals surface area contributed by atoms with Crippen molar-refractivity contribution >= 4 is 5.97 Å². The summed E-state index contributed by atoms with van der Waals surface area (Å²) in [5.74, 6) is -0.786. The van der Waals surface area contributed by atoms with Gasteiger partial charge in [0.05, 0.1) is 31.3 Å². The zero-order valence-electron chi connectivity index (χ0n) is 40.3. The van der Waals surface area contributed by atoms with E-state index in [1.165, 1.54) is 6.92 Å². The van der Waals surface area contributed by atoms with E-state index in [1.54, 1.807) is 0 Å². The molecule has 0 aromatic heterocycles. The third-order valence-corrected chi connectivity index (χ3v) is 18.9. The van der Waals surface area contributed by atoms with E-state index in [1.807, 2.05) is 26.8 Å². The van der Waals surface area contributed by atoms with Gasteiger partial charge in [-0.25, -0.2) is 0 Å². The molecule has 8 fully saturated rings. The Labute approximate surface area is 392 Å². The van der Waals surface area contributed by atoms with E-state index in [0.29, 0.717) is 25.7 Å². The molecule has 8 rings (SSSR count). The summed E-state index contributed by atoms with van der Waals surface area (Å²) in [6, 6.07) is 0. The number of hydrogen-bond acceptors (Lipinski definition) is 19. The number of fused-ring (bicyclic) bond motifs is 7. The second-order valence-corrected chi connectivity index (χ2v) is 22.9. The van der Waals surface area contributed by atoms with Crippen molar-refractivity contribution < 1.29 is 93.8 Å². The number of rotatable bonds is 10. The highest BCUT2D eigenvalue weighted by Gasteiger charge is 2.76. The molecule has 67 heavy (non-hydrogen) atoms. The van der Waals surface area contributed by atoms with Crippen LogP contribution in [0.5, 0.6) is 0 Å². The number of hydrogen-bond donors (Lipinski definition) is 10. The molecule has 0 bridgehead atoms. The smallest absolute Gasteiger partial charge is 0.312 e. The lowest BCUT2D eigenvalue weighted by Gasteiger charge is -2.72. The Balaban J connectivity index is 1.04. The molecule has 0 aromatic rings. The van der Waals surface area contributed by atoms with Crippen LogP contribution in [-0.4, -0.2) is 186 Å². The lowest BCUT2D eigenvalue weighted by Crippen LogP contribution is -2.72. The number of cyclic esters (lactones) is 1. The molecule has 0 spiro atoms. The van der Waals surface area contributed by atoms with Crippen molar-refractivity contribution in [1.29, 1.82) is 0 Å². The quantitative estimate of drug-likeness (QED) is 0.0791. The predicted octanol–water partition coefficient (Wildman–Crippen LogP) is 0.128. The average molecular weight is 959 g/mol. The molecule has 5 saturated heterocycles. The molecule has 3 aliphatic carbocycles. The Morgan fingerprint density at radius 3 is 2.01 bits per heavy atom. The van der Waals surface area contributed by atoms with Crippen molar-refractivity contribution in [2.24, 2.45) is 45.3 Å². The Bertz CT molecular complexity index is 1810.